The lowest BCUT2D eigenvalue weighted by molar-refractivity contribution is -0.137. The van der Waals surface area contributed by atoms with E-state index in [0.29, 0.717) is 17.5 Å². The molecule has 1 N–H and O–H groups in total. The Bertz CT molecular complexity index is 1400. The molecule has 0 saturated heterocycles. The summed E-state index contributed by atoms with van der Waals surface area (Å²) >= 11 is 0. The Balaban J connectivity index is 1.45. The molecular weight excluding hydrogens is 447 g/mol. The first kappa shape index (κ1) is 23.3. The Morgan fingerprint density at radius 3 is 2.41 bits per heavy atom. The molecule has 34 heavy (non-hydrogen) atoms. The molecule has 0 radical (unpaired) electrons. The highest BCUT2D eigenvalue weighted by molar-refractivity contribution is 5.83. The van der Waals surface area contributed by atoms with Gasteiger partial charge in [0, 0.05) is 38.1 Å². The number of hydrogen-bond acceptors (Lipinski definition) is 4. The fourth-order valence-corrected chi connectivity index (χ4v) is 3.93. The van der Waals surface area contributed by atoms with E-state index in [2.05, 4.69) is 9.97 Å². The van der Waals surface area contributed by atoms with E-state index in [1.807, 2.05) is 24.3 Å². The zero-order valence-electron chi connectivity index (χ0n) is 18.6. The van der Waals surface area contributed by atoms with Crippen LogP contribution in [-0.2, 0) is 37.3 Å². The number of H-pyrrole nitrogens is 1. The predicted octanol–water partition coefficient (Wildman–Crippen LogP) is 4.23. The summed E-state index contributed by atoms with van der Waals surface area (Å²) in [6.07, 6.45) is -2.51. The van der Waals surface area contributed by atoms with Crippen LogP contribution in [0.4, 0.5) is 13.2 Å². The van der Waals surface area contributed by atoms with Gasteiger partial charge in [0.05, 0.1) is 18.2 Å². The van der Waals surface area contributed by atoms with Crippen molar-refractivity contribution in [3.8, 4) is 5.75 Å². The van der Waals surface area contributed by atoms with E-state index < -0.39 is 11.7 Å². The number of benzene rings is 2. The number of ether oxygens (including phenoxy) is 1. The van der Waals surface area contributed by atoms with Crippen LogP contribution in [0.15, 0.2) is 59.5 Å². The number of carbonyl (C=O) groups is 1. The largest absolute Gasteiger partial charge is 0.496 e. The highest BCUT2D eigenvalue weighted by atomic mass is 19.4. The molecule has 9 heteroatoms. The van der Waals surface area contributed by atoms with Crippen LogP contribution in [0.3, 0.4) is 0 Å². The van der Waals surface area contributed by atoms with Crippen LogP contribution >= 0.6 is 0 Å². The van der Waals surface area contributed by atoms with E-state index in [-0.39, 0.29) is 35.5 Å². The van der Waals surface area contributed by atoms with E-state index in [1.165, 1.54) is 13.2 Å². The number of methoxy groups -OCH3 is 1. The number of aryl methyl sites for hydroxylation is 1. The van der Waals surface area contributed by atoms with Crippen molar-refractivity contribution < 1.29 is 22.7 Å². The minimum atomic E-state index is -4.49. The zero-order valence-corrected chi connectivity index (χ0v) is 18.6. The number of aromatic nitrogens is 3. The Kier molecular flexibility index (Phi) is 6.28. The third kappa shape index (κ3) is 4.88. The Labute approximate surface area is 193 Å². The summed E-state index contributed by atoms with van der Waals surface area (Å²) < 4.78 is 46.0. The van der Waals surface area contributed by atoms with E-state index in [1.54, 1.807) is 23.9 Å². The molecule has 2 aromatic heterocycles. The number of hydrogen-bond donors (Lipinski definition) is 1. The molecule has 0 bridgehead atoms. The summed E-state index contributed by atoms with van der Waals surface area (Å²) in [4.78, 5) is 31.8. The van der Waals surface area contributed by atoms with Crippen LogP contribution < -0.4 is 10.3 Å². The SMILES string of the molecule is COc1ccc(C(F)(F)F)cc1CC(=O)Cc1ccc(Cc2nc3cc[nH]c(=O)c3n2C)cc1. The van der Waals surface area contributed by atoms with Crippen LogP contribution in [0, 0.1) is 0 Å². The second-order valence-electron chi connectivity index (χ2n) is 8.04. The standard InChI is InChI=1S/C25H22F3N3O3/c1-31-22(30-20-9-10-29-24(33)23(20)31)12-16-5-3-15(4-6-16)11-19(32)14-17-13-18(25(26,27)28)7-8-21(17)34-2/h3-10,13H,11-12,14H2,1-2H3,(H,29,33). The number of ketones is 1. The lowest BCUT2D eigenvalue weighted by Gasteiger charge is -2.12. The first-order valence-electron chi connectivity index (χ1n) is 10.5. The first-order valence-corrected chi connectivity index (χ1v) is 10.5. The van der Waals surface area contributed by atoms with Crippen molar-refractivity contribution in [2.45, 2.75) is 25.4 Å². The fraction of sp³-hybridized carbons (Fsp3) is 0.240. The molecule has 4 rings (SSSR count). The van der Waals surface area contributed by atoms with Gasteiger partial charge in [-0.25, -0.2) is 4.98 Å². The first-order chi connectivity index (χ1) is 16.2. The minimum absolute atomic E-state index is 0.0847. The van der Waals surface area contributed by atoms with Crippen molar-refractivity contribution in [3.63, 3.8) is 0 Å². The maximum atomic E-state index is 13.0. The molecule has 4 aromatic rings. The van der Waals surface area contributed by atoms with Crippen molar-refractivity contribution in [2.75, 3.05) is 7.11 Å². The Morgan fingerprint density at radius 1 is 1.06 bits per heavy atom. The van der Waals surface area contributed by atoms with Gasteiger partial charge in [0.15, 0.2) is 0 Å². The minimum Gasteiger partial charge on any atom is -0.496 e. The van der Waals surface area contributed by atoms with E-state index in [9.17, 15) is 22.8 Å². The number of halogens is 3. The monoisotopic (exact) mass is 469 g/mol. The van der Waals surface area contributed by atoms with Crippen LogP contribution in [0.25, 0.3) is 11.0 Å². The molecule has 0 saturated carbocycles. The van der Waals surface area contributed by atoms with Gasteiger partial charge in [-0.2, -0.15) is 13.2 Å². The van der Waals surface area contributed by atoms with Gasteiger partial charge in [-0.15, -0.1) is 0 Å². The summed E-state index contributed by atoms with van der Waals surface area (Å²) in [6, 6.07) is 12.2. The molecule has 176 valence electrons. The Hall–Kier alpha value is -3.88. The smallest absolute Gasteiger partial charge is 0.416 e. The average Bonchev–Trinajstić information content (AvgIpc) is 3.10. The molecule has 0 fully saturated rings. The van der Waals surface area contributed by atoms with Crippen molar-refractivity contribution in [3.05, 3.63) is 93.2 Å². The molecule has 0 amide bonds. The highest BCUT2D eigenvalue weighted by Gasteiger charge is 2.31. The van der Waals surface area contributed by atoms with Gasteiger partial charge >= 0.3 is 6.18 Å². The topological polar surface area (TPSA) is 77.0 Å². The quantitative estimate of drug-likeness (QED) is 0.440. The molecule has 0 aliphatic heterocycles. The number of alkyl halides is 3. The van der Waals surface area contributed by atoms with E-state index in [4.69, 9.17) is 4.74 Å². The summed E-state index contributed by atoms with van der Waals surface area (Å²) in [5.41, 5.74) is 2.01. The summed E-state index contributed by atoms with van der Waals surface area (Å²) in [5, 5.41) is 0. The van der Waals surface area contributed by atoms with Crippen LogP contribution in [0.1, 0.15) is 28.1 Å². The third-order valence-corrected chi connectivity index (χ3v) is 5.67. The highest BCUT2D eigenvalue weighted by Crippen LogP contribution is 2.33. The number of imidazole rings is 1. The van der Waals surface area contributed by atoms with Crippen molar-refractivity contribution in [1.82, 2.24) is 14.5 Å². The van der Waals surface area contributed by atoms with Gasteiger partial charge < -0.3 is 14.3 Å². The number of Topliss-reactive ketones (excluding diaryl/α,β-unsaturated/α-hetero) is 1. The average molecular weight is 469 g/mol. The number of nitrogens with one attached hydrogen (secondary N) is 1. The van der Waals surface area contributed by atoms with Gasteiger partial charge in [0.1, 0.15) is 22.9 Å². The maximum Gasteiger partial charge on any atom is 0.416 e. The van der Waals surface area contributed by atoms with Gasteiger partial charge in [-0.05, 0) is 35.4 Å². The predicted molar refractivity (Wildman–Crippen MR) is 121 cm³/mol. The lowest BCUT2D eigenvalue weighted by Crippen LogP contribution is -2.11. The molecule has 0 aliphatic carbocycles. The second-order valence-corrected chi connectivity index (χ2v) is 8.04. The number of fused-ring (bicyclic) bond motifs is 1. The summed E-state index contributed by atoms with van der Waals surface area (Å²) in [6.45, 7) is 0. The van der Waals surface area contributed by atoms with Crippen LogP contribution in [0.5, 0.6) is 5.75 Å². The zero-order chi connectivity index (χ0) is 24.5. The van der Waals surface area contributed by atoms with Gasteiger partial charge in [-0.1, -0.05) is 24.3 Å². The second kappa shape index (κ2) is 9.17. The van der Waals surface area contributed by atoms with Crippen LogP contribution in [0.2, 0.25) is 0 Å². The number of aromatic amines is 1. The number of pyridine rings is 1. The summed E-state index contributed by atoms with van der Waals surface area (Å²) in [5.74, 6) is 0.755. The lowest BCUT2D eigenvalue weighted by atomic mass is 9.99. The molecular formula is C25H22F3N3O3. The molecule has 2 aromatic carbocycles. The molecule has 2 heterocycles. The number of carbonyl (C=O) groups excluding carboxylic acids is 1. The molecule has 0 unspecified atom stereocenters. The number of rotatable bonds is 7. The van der Waals surface area contributed by atoms with Gasteiger partial charge in [0.2, 0.25) is 0 Å². The van der Waals surface area contributed by atoms with Crippen molar-refractivity contribution in [2.24, 2.45) is 7.05 Å². The maximum absolute atomic E-state index is 13.0. The Morgan fingerprint density at radius 2 is 1.76 bits per heavy atom. The van der Waals surface area contributed by atoms with Crippen molar-refractivity contribution in [1.29, 1.82) is 0 Å². The molecule has 6 nitrogen and oxygen atoms in total. The normalized spacial score (nSPS) is 11.7. The molecule has 0 aliphatic rings. The van der Waals surface area contributed by atoms with Gasteiger partial charge in [0.25, 0.3) is 5.56 Å². The summed E-state index contributed by atoms with van der Waals surface area (Å²) in [7, 11) is 3.14. The number of nitrogens with zero attached hydrogens (tertiary/aromatic N) is 2. The van der Waals surface area contributed by atoms with E-state index in [0.717, 1.165) is 29.1 Å². The molecule has 0 spiro atoms. The van der Waals surface area contributed by atoms with E-state index >= 15 is 0 Å². The van der Waals surface area contributed by atoms with Gasteiger partial charge in [-0.3, -0.25) is 9.59 Å². The fourth-order valence-electron chi connectivity index (χ4n) is 3.93. The van der Waals surface area contributed by atoms with Crippen LogP contribution in [-0.4, -0.2) is 27.4 Å². The molecule has 0 atom stereocenters. The van der Waals surface area contributed by atoms with Crippen molar-refractivity contribution >= 4 is 16.8 Å². The third-order valence-electron chi connectivity index (χ3n) is 5.67.